The van der Waals surface area contributed by atoms with Crippen LogP contribution in [0.25, 0.3) is 0 Å². The van der Waals surface area contributed by atoms with Gasteiger partial charge in [0.25, 0.3) is 0 Å². The molecule has 0 N–H and O–H groups in total. The topological polar surface area (TPSA) is 55.8 Å². The van der Waals surface area contributed by atoms with Gasteiger partial charge in [0.1, 0.15) is 11.4 Å². The van der Waals surface area contributed by atoms with E-state index in [2.05, 4.69) is 0 Å². The highest BCUT2D eigenvalue weighted by Gasteiger charge is 2.28. The highest BCUT2D eigenvalue weighted by molar-refractivity contribution is 5.80. The first-order chi connectivity index (χ1) is 9.19. The van der Waals surface area contributed by atoms with E-state index in [1.54, 1.807) is 4.90 Å². The van der Waals surface area contributed by atoms with Gasteiger partial charge in [-0.05, 0) is 27.2 Å². The number of ether oxygens (including phenoxy) is 2. The van der Waals surface area contributed by atoms with Crippen molar-refractivity contribution in [3.05, 3.63) is 0 Å². The summed E-state index contributed by atoms with van der Waals surface area (Å²) < 4.78 is 11.0. The molecule has 1 rings (SSSR count). The average Bonchev–Trinajstić information content (AvgIpc) is 2.34. The van der Waals surface area contributed by atoms with Gasteiger partial charge in [-0.15, -0.1) is 0 Å². The summed E-state index contributed by atoms with van der Waals surface area (Å²) in [6, 6.07) is 0. The molecule has 1 aliphatic heterocycles. The first-order valence-corrected chi connectivity index (χ1v) is 7.31. The van der Waals surface area contributed by atoms with Crippen LogP contribution in [-0.4, -0.2) is 48.2 Å². The first-order valence-electron chi connectivity index (χ1n) is 7.31. The molecule has 0 unspecified atom stereocenters. The first kappa shape index (κ1) is 17.0. The van der Waals surface area contributed by atoms with Gasteiger partial charge in [0.05, 0.1) is 19.3 Å². The molecule has 0 spiro atoms. The quantitative estimate of drug-likeness (QED) is 0.796. The Morgan fingerprint density at radius 1 is 1.35 bits per heavy atom. The van der Waals surface area contributed by atoms with Crippen LogP contribution in [0.1, 0.15) is 47.5 Å². The predicted octanol–water partition coefficient (Wildman–Crippen LogP) is 2.63. The van der Waals surface area contributed by atoms with Crippen molar-refractivity contribution < 1.29 is 19.1 Å². The van der Waals surface area contributed by atoms with Crippen molar-refractivity contribution in [3.8, 4) is 0 Å². The van der Waals surface area contributed by atoms with E-state index >= 15 is 0 Å². The second-order valence-electron chi connectivity index (χ2n) is 6.58. The third-order valence-corrected chi connectivity index (χ3v) is 3.15. The maximum atomic E-state index is 12.0. The van der Waals surface area contributed by atoms with E-state index in [1.807, 2.05) is 34.6 Å². The van der Waals surface area contributed by atoms with E-state index < -0.39 is 5.60 Å². The fourth-order valence-corrected chi connectivity index (χ4v) is 1.98. The molecule has 5 heteroatoms. The molecular formula is C15H27NO4. The van der Waals surface area contributed by atoms with Crippen LogP contribution in [0.5, 0.6) is 0 Å². The summed E-state index contributed by atoms with van der Waals surface area (Å²) in [7, 11) is 0. The zero-order valence-corrected chi connectivity index (χ0v) is 13.3. The van der Waals surface area contributed by atoms with E-state index in [1.165, 1.54) is 0 Å². The van der Waals surface area contributed by atoms with Crippen molar-refractivity contribution in [1.29, 1.82) is 0 Å². The van der Waals surface area contributed by atoms with Crippen molar-refractivity contribution in [1.82, 2.24) is 4.90 Å². The van der Waals surface area contributed by atoms with E-state index in [-0.39, 0.29) is 23.9 Å². The van der Waals surface area contributed by atoms with Gasteiger partial charge in [-0.3, -0.25) is 4.79 Å². The summed E-state index contributed by atoms with van der Waals surface area (Å²) in [6.45, 7) is 10.9. The molecule has 0 bridgehead atoms. The largest absolute Gasteiger partial charge is 0.444 e. The second-order valence-corrected chi connectivity index (χ2v) is 6.58. The smallest absolute Gasteiger partial charge is 0.410 e. The molecule has 1 heterocycles. The third-order valence-electron chi connectivity index (χ3n) is 3.15. The lowest BCUT2D eigenvalue weighted by Crippen LogP contribution is -2.47. The van der Waals surface area contributed by atoms with Crippen molar-refractivity contribution in [2.24, 2.45) is 5.92 Å². The molecule has 0 aliphatic carbocycles. The molecule has 116 valence electrons. The Kier molecular flexibility index (Phi) is 5.99. The van der Waals surface area contributed by atoms with Gasteiger partial charge >= 0.3 is 6.09 Å². The maximum Gasteiger partial charge on any atom is 0.410 e. The van der Waals surface area contributed by atoms with E-state index in [4.69, 9.17) is 9.47 Å². The molecule has 1 saturated heterocycles. The summed E-state index contributed by atoms with van der Waals surface area (Å²) in [6.07, 6.45) is 0.792. The summed E-state index contributed by atoms with van der Waals surface area (Å²) in [5.41, 5.74) is -0.488. The van der Waals surface area contributed by atoms with Gasteiger partial charge in [0.15, 0.2) is 0 Å². The van der Waals surface area contributed by atoms with Gasteiger partial charge in [-0.25, -0.2) is 4.79 Å². The summed E-state index contributed by atoms with van der Waals surface area (Å²) in [5, 5.41) is 0. The molecule has 20 heavy (non-hydrogen) atoms. The van der Waals surface area contributed by atoms with Crippen LogP contribution in [0.3, 0.4) is 0 Å². The number of carbonyl (C=O) groups excluding carboxylic acids is 2. The Morgan fingerprint density at radius 2 is 2.00 bits per heavy atom. The normalized spacial score (nSPS) is 20.1. The number of nitrogens with zero attached hydrogens (tertiary/aromatic N) is 1. The number of rotatable bonds is 4. The van der Waals surface area contributed by atoms with Gasteiger partial charge in [0, 0.05) is 18.9 Å². The number of carbonyl (C=O) groups is 2. The fraction of sp³-hybridized carbons (Fsp3) is 0.867. The molecule has 0 saturated carbocycles. The van der Waals surface area contributed by atoms with Crippen LogP contribution in [0.15, 0.2) is 0 Å². The van der Waals surface area contributed by atoms with E-state index in [9.17, 15) is 9.59 Å². The van der Waals surface area contributed by atoms with Crippen LogP contribution in [-0.2, 0) is 14.3 Å². The summed E-state index contributed by atoms with van der Waals surface area (Å²) in [5.74, 6) is 0.295. The number of Topliss-reactive ketones (excluding diaryl/α,β-unsaturated/α-hetero) is 1. The van der Waals surface area contributed by atoms with Gasteiger partial charge in [0.2, 0.25) is 0 Å². The summed E-state index contributed by atoms with van der Waals surface area (Å²) >= 11 is 0. The molecular weight excluding hydrogens is 258 g/mol. The molecule has 0 radical (unpaired) electrons. The molecule has 1 atom stereocenters. The fourth-order valence-electron chi connectivity index (χ4n) is 1.98. The van der Waals surface area contributed by atoms with Crippen LogP contribution in [0, 0.1) is 5.92 Å². The van der Waals surface area contributed by atoms with Gasteiger partial charge < -0.3 is 14.4 Å². The monoisotopic (exact) mass is 285 g/mol. The lowest BCUT2D eigenvalue weighted by molar-refractivity contribution is -0.123. The van der Waals surface area contributed by atoms with Crippen LogP contribution in [0.2, 0.25) is 0 Å². The number of hydrogen-bond donors (Lipinski definition) is 0. The molecule has 0 aromatic heterocycles. The maximum absolute atomic E-state index is 12.0. The molecule has 1 aliphatic rings. The van der Waals surface area contributed by atoms with Crippen LogP contribution >= 0.6 is 0 Å². The van der Waals surface area contributed by atoms with Crippen molar-refractivity contribution in [2.45, 2.75) is 59.2 Å². The predicted molar refractivity (Wildman–Crippen MR) is 76.6 cm³/mol. The molecule has 0 aromatic rings. The SMILES string of the molecule is CC(C)C(=O)CC[C@@H]1CN(C(=O)OC(C)(C)C)CCO1. The van der Waals surface area contributed by atoms with Crippen molar-refractivity contribution in [2.75, 3.05) is 19.7 Å². The Morgan fingerprint density at radius 3 is 2.55 bits per heavy atom. The average molecular weight is 285 g/mol. The number of ketones is 1. The number of morpholine rings is 1. The van der Waals surface area contributed by atoms with Crippen molar-refractivity contribution >= 4 is 11.9 Å². The lowest BCUT2D eigenvalue weighted by atomic mass is 10.0. The highest BCUT2D eigenvalue weighted by atomic mass is 16.6. The van der Waals surface area contributed by atoms with E-state index in [0.717, 1.165) is 0 Å². The lowest BCUT2D eigenvalue weighted by Gasteiger charge is -2.34. The van der Waals surface area contributed by atoms with Crippen LogP contribution < -0.4 is 0 Å². The molecule has 5 nitrogen and oxygen atoms in total. The Labute approximate surface area is 121 Å². The standard InChI is InChI=1S/C15H27NO4/c1-11(2)13(17)7-6-12-10-16(8-9-19-12)14(18)20-15(3,4)5/h11-12H,6-10H2,1-5H3/t12-/m1/s1. The minimum Gasteiger partial charge on any atom is -0.444 e. The minimum atomic E-state index is -0.488. The number of amides is 1. The third kappa shape index (κ3) is 5.90. The minimum absolute atomic E-state index is 0.0561. The van der Waals surface area contributed by atoms with Crippen LogP contribution in [0.4, 0.5) is 4.79 Å². The Balaban J connectivity index is 2.42. The number of hydrogen-bond acceptors (Lipinski definition) is 4. The Hall–Kier alpha value is -1.10. The van der Waals surface area contributed by atoms with Crippen molar-refractivity contribution in [3.63, 3.8) is 0 Å². The Bertz CT molecular complexity index is 346. The second kappa shape index (κ2) is 7.07. The van der Waals surface area contributed by atoms with E-state index in [0.29, 0.717) is 32.5 Å². The molecule has 0 aromatic carbocycles. The zero-order valence-electron chi connectivity index (χ0n) is 13.3. The zero-order chi connectivity index (χ0) is 15.3. The van der Waals surface area contributed by atoms with Gasteiger partial charge in [-0.1, -0.05) is 13.8 Å². The van der Waals surface area contributed by atoms with Gasteiger partial charge in [-0.2, -0.15) is 0 Å². The molecule has 1 fully saturated rings. The molecule has 1 amide bonds. The highest BCUT2D eigenvalue weighted by Crippen LogP contribution is 2.16. The summed E-state index contributed by atoms with van der Waals surface area (Å²) in [4.78, 5) is 25.3.